The van der Waals surface area contributed by atoms with Crippen LogP contribution in [0.25, 0.3) is 17.1 Å². The molecule has 1 aromatic heterocycles. The third kappa shape index (κ3) is 2.18. The number of halogens is 1. The number of nitrogen functional groups attached to an aromatic ring is 1. The van der Waals surface area contributed by atoms with Crippen molar-refractivity contribution in [3.63, 3.8) is 0 Å². The molecule has 3 aromatic rings. The van der Waals surface area contributed by atoms with Gasteiger partial charge in [-0.3, -0.25) is 0 Å². The Morgan fingerprint density at radius 1 is 1.15 bits per heavy atom. The molecule has 0 unspecified atom stereocenters. The Kier molecular flexibility index (Phi) is 3.23. The molecule has 20 heavy (non-hydrogen) atoms. The van der Waals surface area contributed by atoms with Crippen LogP contribution in [0.5, 0.6) is 0 Å². The minimum Gasteiger partial charge on any atom is -0.399 e. The average Bonchev–Trinajstić information content (AvgIpc) is 2.91. The highest BCUT2D eigenvalue weighted by molar-refractivity contribution is 9.10. The molecule has 6 heteroatoms. The van der Waals surface area contributed by atoms with Gasteiger partial charge in [0, 0.05) is 15.7 Å². The molecule has 0 bridgehead atoms. The summed E-state index contributed by atoms with van der Waals surface area (Å²) in [4.78, 5) is 0. The predicted octanol–water partition coefficient (Wildman–Crippen LogP) is 2.98. The molecule has 100 valence electrons. The zero-order chi connectivity index (χ0) is 14.1. The van der Waals surface area contributed by atoms with Crippen molar-refractivity contribution in [1.29, 1.82) is 0 Å². The van der Waals surface area contributed by atoms with Crippen LogP contribution < -0.4 is 5.73 Å². The number of tetrazole rings is 1. The van der Waals surface area contributed by atoms with Gasteiger partial charge in [-0.15, -0.1) is 5.10 Å². The molecule has 2 aromatic carbocycles. The Bertz CT molecular complexity index is 766. The van der Waals surface area contributed by atoms with Gasteiger partial charge in [0.1, 0.15) is 0 Å². The lowest BCUT2D eigenvalue weighted by molar-refractivity contribution is 0.789. The molecule has 0 saturated carbocycles. The summed E-state index contributed by atoms with van der Waals surface area (Å²) < 4.78 is 2.63. The van der Waals surface area contributed by atoms with Gasteiger partial charge in [0.25, 0.3) is 0 Å². The first-order valence-electron chi connectivity index (χ1n) is 6.06. The van der Waals surface area contributed by atoms with Gasteiger partial charge in [0.05, 0.1) is 5.69 Å². The first kappa shape index (κ1) is 12.8. The largest absolute Gasteiger partial charge is 0.399 e. The summed E-state index contributed by atoms with van der Waals surface area (Å²) >= 11 is 3.52. The molecular formula is C14H12BrN5. The maximum Gasteiger partial charge on any atom is 0.187 e. The Morgan fingerprint density at radius 3 is 2.75 bits per heavy atom. The van der Waals surface area contributed by atoms with E-state index in [2.05, 4.69) is 31.5 Å². The number of aromatic nitrogens is 4. The minimum absolute atomic E-state index is 0.668. The standard InChI is InChI=1S/C14H12BrN5/c1-9-6-7-10(16)8-11(9)14-17-18-19-20(14)13-5-3-2-4-12(13)15/h2-8H,16H2,1H3. The van der Waals surface area contributed by atoms with Crippen LogP contribution in [0.15, 0.2) is 46.9 Å². The highest BCUT2D eigenvalue weighted by Gasteiger charge is 2.14. The summed E-state index contributed by atoms with van der Waals surface area (Å²) in [6, 6.07) is 13.5. The summed E-state index contributed by atoms with van der Waals surface area (Å²) in [6.45, 7) is 2.01. The average molecular weight is 330 g/mol. The third-order valence-corrected chi connectivity index (χ3v) is 3.72. The molecule has 5 nitrogen and oxygen atoms in total. The van der Waals surface area contributed by atoms with E-state index in [0.717, 1.165) is 21.3 Å². The summed E-state index contributed by atoms with van der Waals surface area (Å²) in [5.74, 6) is 0.668. The molecular weight excluding hydrogens is 318 g/mol. The fourth-order valence-electron chi connectivity index (χ4n) is 2.02. The van der Waals surface area contributed by atoms with Crippen LogP contribution >= 0.6 is 15.9 Å². The lowest BCUT2D eigenvalue weighted by atomic mass is 10.1. The molecule has 2 N–H and O–H groups in total. The maximum absolute atomic E-state index is 5.87. The highest BCUT2D eigenvalue weighted by Crippen LogP contribution is 2.27. The van der Waals surface area contributed by atoms with Crippen LogP contribution in [0.1, 0.15) is 5.56 Å². The maximum atomic E-state index is 5.87. The van der Waals surface area contributed by atoms with E-state index < -0.39 is 0 Å². The van der Waals surface area contributed by atoms with E-state index in [0.29, 0.717) is 11.5 Å². The Balaban J connectivity index is 2.21. The quantitative estimate of drug-likeness (QED) is 0.734. The zero-order valence-corrected chi connectivity index (χ0v) is 12.4. The molecule has 0 radical (unpaired) electrons. The summed E-state index contributed by atoms with van der Waals surface area (Å²) in [5.41, 5.74) is 9.43. The first-order valence-corrected chi connectivity index (χ1v) is 6.86. The van der Waals surface area contributed by atoms with Crippen molar-refractivity contribution in [2.45, 2.75) is 6.92 Å². The van der Waals surface area contributed by atoms with Gasteiger partial charge in [-0.05, 0) is 63.1 Å². The molecule has 1 heterocycles. The lowest BCUT2D eigenvalue weighted by Crippen LogP contribution is -2.02. The van der Waals surface area contributed by atoms with Crippen molar-refractivity contribution >= 4 is 21.6 Å². The van der Waals surface area contributed by atoms with Crippen LogP contribution in [-0.4, -0.2) is 20.2 Å². The van der Waals surface area contributed by atoms with E-state index in [1.54, 1.807) is 4.68 Å². The van der Waals surface area contributed by atoms with Crippen LogP contribution in [0.4, 0.5) is 5.69 Å². The number of nitrogens with two attached hydrogens (primary N) is 1. The molecule has 0 amide bonds. The minimum atomic E-state index is 0.668. The molecule has 0 fully saturated rings. The van der Waals surface area contributed by atoms with E-state index in [4.69, 9.17) is 5.73 Å². The van der Waals surface area contributed by atoms with Crippen molar-refractivity contribution in [1.82, 2.24) is 20.2 Å². The van der Waals surface area contributed by atoms with Crippen molar-refractivity contribution < 1.29 is 0 Å². The van der Waals surface area contributed by atoms with Crippen LogP contribution in [0.2, 0.25) is 0 Å². The van der Waals surface area contributed by atoms with Gasteiger partial charge in [-0.2, -0.15) is 4.68 Å². The second-order valence-electron chi connectivity index (χ2n) is 4.44. The van der Waals surface area contributed by atoms with E-state index in [-0.39, 0.29) is 0 Å². The van der Waals surface area contributed by atoms with Gasteiger partial charge in [-0.1, -0.05) is 18.2 Å². The fraction of sp³-hybridized carbons (Fsp3) is 0.0714. The van der Waals surface area contributed by atoms with Crippen LogP contribution in [-0.2, 0) is 0 Å². The smallest absolute Gasteiger partial charge is 0.187 e. The van der Waals surface area contributed by atoms with Crippen molar-refractivity contribution in [2.75, 3.05) is 5.73 Å². The van der Waals surface area contributed by atoms with Crippen LogP contribution in [0, 0.1) is 6.92 Å². The number of hydrogen-bond donors (Lipinski definition) is 1. The van der Waals surface area contributed by atoms with Gasteiger partial charge in [0.2, 0.25) is 0 Å². The SMILES string of the molecule is Cc1ccc(N)cc1-c1nnnn1-c1ccccc1Br. The summed E-state index contributed by atoms with van der Waals surface area (Å²) in [7, 11) is 0. The summed E-state index contributed by atoms with van der Waals surface area (Å²) in [5, 5.41) is 12.0. The van der Waals surface area contributed by atoms with Gasteiger partial charge >= 0.3 is 0 Å². The molecule has 0 aliphatic carbocycles. The van der Waals surface area contributed by atoms with E-state index in [9.17, 15) is 0 Å². The van der Waals surface area contributed by atoms with Crippen LogP contribution in [0.3, 0.4) is 0 Å². The number of hydrogen-bond acceptors (Lipinski definition) is 4. The summed E-state index contributed by atoms with van der Waals surface area (Å²) in [6.07, 6.45) is 0. The second-order valence-corrected chi connectivity index (χ2v) is 5.29. The number of aryl methyl sites for hydroxylation is 1. The van der Waals surface area contributed by atoms with E-state index >= 15 is 0 Å². The number of rotatable bonds is 2. The predicted molar refractivity (Wildman–Crippen MR) is 81.4 cm³/mol. The number of nitrogens with zero attached hydrogens (tertiary/aromatic N) is 4. The van der Waals surface area contributed by atoms with Gasteiger partial charge < -0.3 is 5.73 Å². The monoisotopic (exact) mass is 329 g/mol. The Labute approximate surface area is 124 Å². The number of anilines is 1. The third-order valence-electron chi connectivity index (χ3n) is 3.05. The van der Waals surface area contributed by atoms with Gasteiger partial charge in [-0.25, -0.2) is 0 Å². The Hall–Kier alpha value is -2.21. The molecule has 0 spiro atoms. The fourth-order valence-corrected chi connectivity index (χ4v) is 2.47. The van der Waals surface area contributed by atoms with Crippen molar-refractivity contribution in [3.8, 4) is 17.1 Å². The van der Waals surface area contributed by atoms with Crippen molar-refractivity contribution in [3.05, 3.63) is 52.5 Å². The Morgan fingerprint density at radius 2 is 1.95 bits per heavy atom. The normalized spacial score (nSPS) is 10.7. The topological polar surface area (TPSA) is 69.6 Å². The molecule has 0 atom stereocenters. The molecule has 0 saturated heterocycles. The number of para-hydroxylation sites is 1. The van der Waals surface area contributed by atoms with Gasteiger partial charge in [0.15, 0.2) is 5.82 Å². The molecule has 0 aliphatic rings. The van der Waals surface area contributed by atoms with Crippen molar-refractivity contribution in [2.24, 2.45) is 0 Å². The molecule has 0 aliphatic heterocycles. The zero-order valence-electron chi connectivity index (χ0n) is 10.8. The number of benzene rings is 2. The first-order chi connectivity index (χ1) is 9.66. The lowest BCUT2D eigenvalue weighted by Gasteiger charge is -2.09. The highest BCUT2D eigenvalue weighted by atomic mass is 79.9. The van der Waals surface area contributed by atoms with E-state index in [1.165, 1.54) is 0 Å². The van der Waals surface area contributed by atoms with E-state index in [1.807, 2.05) is 49.4 Å². The second kappa shape index (κ2) is 5.05. The molecule has 3 rings (SSSR count).